The molecule has 1 aliphatic rings. The molecule has 0 radical (unpaired) electrons. The molecule has 2 aromatic rings. The Balaban J connectivity index is 0.00000355. The van der Waals surface area contributed by atoms with Crippen LogP contribution in [-0.2, 0) is 58.9 Å². The quantitative estimate of drug-likeness (QED) is 0.0769. The van der Waals surface area contributed by atoms with Gasteiger partial charge in [-0.15, -0.1) is 0 Å². The predicted octanol–water partition coefficient (Wildman–Crippen LogP) is 12.7. The van der Waals surface area contributed by atoms with Crippen molar-refractivity contribution in [2.75, 3.05) is 0 Å². The van der Waals surface area contributed by atoms with Crippen LogP contribution in [0.15, 0.2) is 35.4 Å². The van der Waals surface area contributed by atoms with E-state index in [9.17, 15) is 5.53 Å². The maximum Gasteiger partial charge on any atom is 2.00 e. The summed E-state index contributed by atoms with van der Waals surface area (Å²) in [6, 6.07) is 9.52. The first-order chi connectivity index (χ1) is 20.9. The average molecular weight is 691 g/mol. The van der Waals surface area contributed by atoms with Crippen LogP contribution in [0, 0.1) is 13.8 Å². The van der Waals surface area contributed by atoms with Crippen LogP contribution in [0.2, 0.25) is 0 Å². The smallest absolute Gasteiger partial charge is 0.493 e. The van der Waals surface area contributed by atoms with Gasteiger partial charge in [-0.2, -0.15) is 13.8 Å². The van der Waals surface area contributed by atoms with Gasteiger partial charge in [-0.25, -0.2) is 4.70 Å². The molecule has 0 aliphatic carbocycles. The summed E-state index contributed by atoms with van der Waals surface area (Å²) in [5.41, 5.74) is 28.1. The van der Waals surface area contributed by atoms with E-state index in [0.29, 0.717) is 0 Å². The van der Waals surface area contributed by atoms with Crippen molar-refractivity contribution >= 4 is 11.4 Å². The van der Waals surface area contributed by atoms with Gasteiger partial charge in [0.25, 0.3) is 0 Å². The Labute approximate surface area is 287 Å². The monoisotopic (exact) mass is 690 g/mol. The number of hydrogen-bond acceptors (Lipinski definition) is 0. The van der Waals surface area contributed by atoms with Crippen molar-refractivity contribution in [1.29, 1.82) is 0 Å². The first-order valence-electron chi connectivity index (χ1n) is 17.6. The third kappa shape index (κ3) is 9.84. The molecule has 0 saturated heterocycles. The van der Waals surface area contributed by atoms with Crippen molar-refractivity contribution in [2.45, 2.75) is 153 Å². The number of aryl methyl sites for hydroxylation is 4. The molecule has 248 valence electrons. The number of hydrogen-bond donors (Lipinski definition) is 0. The van der Waals surface area contributed by atoms with Gasteiger partial charge in [-0.3, -0.25) is 0 Å². The molecule has 0 amide bonds. The molecule has 0 unspecified atom stereocenters. The summed E-state index contributed by atoms with van der Waals surface area (Å²) in [4.78, 5) is 0. The number of benzene rings is 2. The van der Waals surface area contributed by atoms with Gasteiger partial charge in [-0.05, 0) is 122 Å². The van der Waals surface area contributed by atoms with Crippen LogP contribution in [0.5, 0.6) is 0 Å². The standard InChI is InChI=1S/C37H54N2.2C2H5.Pd/c1-9-17-19-21-35-34(20-18-10-2)36(30-22-26(11-3)32(15-7)27(12-4)23-30)39(38)37(35)31-24-28(13-5)33(16-8)29(14-6)25-31;2*1-2;/h22-25H,9-21H2,1-8H3;2*1H2,2H3;/q;2*-1;+2. The van der Waals surface area contributed by atoms with E-state index in [0.717, 1.165) is 82.0 Å². The maximum atomic E-state index is 12.2. The summed E-state index contributed by atoms with van der Waals surface area (Å²) in [5, 5.41) is 0. The van der Waals surface area contributed by atoms with E-state index < -0.39 is 0 Å². The molecular formula is C41H64N2Pd. The van der Waals surface area contributed by atoms with Gasteiger partial charge in [0.05, 0.1) is 0 Å². The van der Waals surface area contributed by atoms with Gasteiger partial charge in [0.2, 0.25) is 11.4 Å². The van der Waals surface area contributed by atoms with E-state index in [1.165, 1.54) is 68.5 Å². The van der Waals surface area contributed by atoms with Gasteiger partial charge in [0, 0.05) is 22.3 Å². The van der Waals surface area contributed by atoms with E-state index in [2.05, 4.69) is 93.5 Å². The van der Waals surface area contributed by atoms with Gasteiger partial charge < -0.3 is 19.4 Å². The minimum absolute atomic E-state index is 0. The number of allylic oxidation sites excluding steroid dienone is 2. The molecule has 1 heterocycles. The van der Waals surface area contributed by atoms with Gasteiger partial charge in [0.1, 0.15) is 0 Å². The zero-order chi connectivity index (χ0) is 32.5. The van der Waals surface area contributed by atoms with Crippen molar-refractivity contribution in [3.05, 3.63) is 99.3 Å². The summed E-state index contributed by atoms with van der Waals surface area (Å²) >= 11 is 0. The largest absolute Gasteiger partial charge is 2.00 e. The molecule has 0 spiro atoms. The Bertz CT molecular complexity index is 1180. The fourth-order valence-corrected chi connectivity index (χ4v) is 6.73. The Kier molecular flexibility index (Phi) is 21.7. The van der Waals surface area contributed by atoms with Gasteiger partial charge >= 0.3 is 20.4 Å². The zero-order valence-electron chi connectivity index (χ0n) is 30.1. The fraction of sp³-hybridized carbons (Fsp3) is 0.561. The van der Waals surface area contributed by atoms with Gasteiger partial charge in [-0.1, -0.05) is 74.7 Å². The molecule has 2 nitrogen and oxygen atoms in total. The second kappa shape index (κ2) is 22.6. The first-order valence-corrected chi connectivity index (χ1v) is 17.6. The van der Waals surface area contributed by atoms with Crippen molar-refractivity contribution < 1.29 is 25.1 Å². The second-order valence-electron chi connectivity index (χ2n) is 11.2. The maximum absolute atomic E-state index is 12.2. The molecule has 2 aromatic carbocycles. The molecule has 0 fully saturated rings. The number of unbranched alkanes of at least 4 members (excludes halogenated alkanes) is 3. The van der Waals surface area contributed by atoms with Crippen LogP contribution in [0.3, 0.4) is 0 Å². The molecule has 0 atom stereocenters. The predicted molar refractivity (Wildman–Crippen MR) is 192 cm³/mol. The third-order valence-corrected chi connectivity index (χ3v) is 8.82. The summed E-state index contributed by atoms with van der Waals surface area (Å²) < 4.78 is 1.60. The van der Waals surface area contributed by atoms with Crippen LogP contribution in [0.25, 0.3) is 16.9 Å². The molecule has 44 heavy (non-hydrogen) atoms. The van der Waals surface area contributed by atoms with Gasteiger partial charge in [0.15, 0.2) is 0 Å². The Morgan fingerprint density at radius 1 is 0.500 bits per heavy atom. The number of rotatable bonds is 15. The normalized spacial score (nSPS) is 12.5. The molecule has 3 heteroatoms. The molecule has 0 saturated carbocycles. The molecule has 1 aliphatic heterocycles. The SMILES string of the molecule is CCCCCC1=C(c2cc(CC)c(CC)c(CC)c2)[N+](=[N-])C(c2cc(CC)c(CC)c(CC)c2)=C1CCCC.[CH2-]C.[CH2-]C.[Pd+2]. The van der Waals surface area contributed by atoms with Crippen molar-refractivity contribution in [2.24, 2.45) is 0 Å². The van der Waals surface area contributed by atoms with E-state index in [4.69, 9.17) is 0 Å². The second-order valence-corrected chi connectivity index (χ2v) is 11.2. The minimum Gasteiger partial charge on any atom is -0.493 e. The van der Waals surface area contributed by atoms with Crippen LogP contribution in [-0.4, -0.2) is 4.70 Å². The Morgan fingerprint density at radius 2 is 0.818 bits per heavy atom. The van der Waals surface area contributed by atoms with Crippen LogP contribution in [0.1, 0.15) is 159 Å². The van der Waals surface area contributed by atoms with Crippen molar-refractivity contribution in [3.63, 3.8) is 0 Å². The summed E-state index contributed by atoms with van der Waals surface area (Å²) in [5.74, 6) is 0. The zero-order valence-corrected chi connectivity index (χ0v) is 31.7. The average Bonchev–Trinajstić information content (AvgIpc) is 3.34. The van der Waals surface area contributed by atoms with Crippen LogP contribution in [0.4, 0.5) is 0 Å². The van der Waals surface area contributed by atoms with E-state index in [1.54, 1.807) is 18.5 Å². The van der Waals surface area contributed by atoms with Crippen LogP contribution < -0.4 is 0 Å². The Morgan fingerprint density at radius 3 is 1.09 bits per heavy atom. The van der Waals surface area contributed by atoms with E-state index in [-0.39, 0.29) is 20.4 Å². The molecule has 3 rings (SSSR count). The molecule has 0 N–H and O–H groups in total. The topological polar surface area (TPSA) is 25.3 Å². The molecule has 0 bridgehead atoms. The number of nitrogens with zero attached hydrogens (tertiary/aromatic N) is 2. The summed E-state index contributed by atoms with van der Waals surface area (Å²) in [6.45, 7) is 28.2. The summed E-state index contributed by atoms with van der Waals surface area (Å²) in [6.07, 6.45) is 14.1. The van der Waals surface area contributed by atoms with Crippen molar-refractivity contribution in [1.82, 2.24) is 0 Å². The van der Waals surface area contributed by atoms with Crippen LogP contribution >= 0.6 is 0 Å². The van der Waals surface area contributed by atoms with Crippen molar-refractivity contribution in [3.8, 4) is 0 Å². The van der Waals surface area contributed by atoms with E-state index >= 15 is 0 Å². The summed E-state index contributed by atoms with van der Waals surface area (Å²) in [7, 11) is 0. The van der Waals surface area contributed by atoms with E-state index in [1.807, 2.05) is 0 Å². The molecular weight excluding hydrogens is 627 g/mol. The third-order valence-electron chi connectivity index (χ3n) is 8.82. The fourth-order valence-electron chi connectivity index (χ4n) is 6.73. The first kappa shape index (κ1) is 42.2. The minimum atomic E-state index is 0. The molecule has 0 aromatic heterocycles. The Hall–Kier alpha value is -1.82.